The second-order valence-corrected chi connectivity index (χ2v) is 3.75. The Labute approximate surface area is 86.6 Å². The Hall–Kier alpha value is -0.510. The van der Waals surface area contributed by atoms with Gasteiger partial charge in [-0.25, -0.2) is 0 Å². The third kappa shape index (κ3) is 2.85. The number of rotatable bonds is 3. The highest BCUT2D eigenvalue weighted by molar-refractivity contribution is 14.1. The Kier molecular flexibility index (Phi) is 3.59. The quantitative estimate of drug-likeness (QED) is 0.466. The van der Waals surface area contributed by atoms with Crippen LogP contribution in [0, 0.1) is 6.92 Å². The monoisotopic (exact) mass is 274 g/mol. The van der Waals surface area contributed by atoms with Crippen LogP contribution >= 0.6 is 22.6 Å². The third-order valence-electron chi connectivity index (χ3n) is 1.45. The summed E-state index contributed by atoms with van der Waals surface area (Å²) in [4.78, 5) is 0. The van der Waals surface area contributed by atoms with Gasteiger partial charge in [-0.2, -0.15) is 0 Å². The van der Waals surface area contributed by atoms with Crippen molar-refractivity contribution in [2.24, 2.45) is 0 Å². The first-order valence-corrected chi connectivity index (χ1v) is 4.97. The van der Waals surface area contributed by atoms with Crippen LogP contribution < -0.4 is 4.74 Å². The maximum absolute atomic E-state index is 5.49. The minimum absolute atomic E-state index is 0.0466. The Bertz CT molecular complexity index is 253. The fraction of sp³-hybridized carbons (Fsp3) is 0.200. The highest BCUT2D eigenvalue weighted by atomic mass is 127. The van der Waals surface area contributed by atoms with Crippen LogP contribution in [0.15, 0.2) is 36.9 Å². The van der Waals surface area contributed by atoms with E-state index in [1.165, 1.54) is 5.56 Å². The molecular weight excluding hydrogens is 263 g/mol. The molecule has 0 radical (unpaired) electrons. The number of hydrogen-bond acceptors (Lipinski definition) is 1. The summed E-state index contributed by atoms with van der Waals surface area (Å²) in [7, 11) is 0. The van der Waals surface area contributed by atoms with Crippen LogP contribution in [-0.4, -0.2) is 4.11 Å². The summed E-state index contributed by atoms with van der Waals surface area (Å²) in [6.45, 7) is 5.70. The van der Waals surface area contributed by atoms with Gasteiger partial charge in [0.15, 0.2) is 4.11 Å². The van der Waals surface area contributed by atoms with E-state index in [0.717, 1.165) is 5.75 Å². The van der Waals surface area contributed by atoms with E-state index in [0.29, 0.717) is 0 Å². The molecule has 1 unspecified atom stereocenters. The van der Waals surface area contributed by atoms with Crippen molar-refractivity contribution in [3.63, 3.8) is 0 Å². The van der Waals surface area contributed by atoms with E-state index in [-0.39, 0.29) is 4.11 Å². The van der Waals surface area contributed by atoms with Crippen LogP contribution in [0.4, 0.5) is 0 Å². The molecule has 1 atom stereocenters. The lowest BCUT2D eigenvalue weighted by Crippen LogP contribution is -2.02. The summed E-state index contributed by atoms with van der Waals surface area (Å²) in [5.41, 5.74) is 1.24. The summed E-state index contributed by atoms with van der Waals surface area (Å²) >= 11 is 2.18. The largest absolute Gasteiger partial charge is 0.476 e. The molecule has 0 saturated carbocycles. The van der Waals surface area contributed by atoms with E-state index < -0.39 is 0 Å². The minimum Gasteiger partial charge on any atom is -0.476 e. The molecule has 0 bridgehead atoms. The SMILES string of the molecule is C=CC(I)Oc1ccc(C)cc1. The predicted octanol–water partition coefficient (Wildman–Crippen LogP) is 3.32. The Morgan fingerprint density at radius 1 is 1.42 bits per heavy atom. The van der Waals surface area contributed by atoms with Gasteiger partial charge in [-0.3, -0.25) is 0 Å². The average molecular weight is 274 g/mol. The zero-order valence-electron chi connectivity index (χ0n) is 6.96. The zero-order valence-corrected chi connectivity index (χ0v) is 9.11. The van der Waals surface area contributed by atoms with Gasteiger partial charge < -0.3 is 4.74 Å². The number of ether oxygens (including phenoxy) is 1. The molecule has 0 aromatic heterocycles. The fourth-order valence-corrected chi connectivity index (χ4v) is 1.09. The molecule has 1 aromatic carbocycles. The highest BCUT2D eigenvalue weighted by Gasteiger charge is 1.98. The van der Waals surface area contributed by atoms with Gasteiger partial charge >= 0.3 is 0 Å². The van der Waals surface area contributed by atoms with Gasteiger partial charge in [0.05, 0.1) is 0 Å². The molecule has 0 aliphatic carbocycles. The molecule has 0 aliphatic rings. The van der Waals surface area contributed by atoms with E-state index in [2.05, 4.69) is 36.1 Å². The molecule has 0 amide bonds. The van der Waals surface area contributed by atoms with Gasteiger partial charge in [-0.15, -0.1) is 0 Å². The number of halogens is 1. The first-order chi connectivity index (χ1) is 5.72. The van der Waals surface area contributed by atoms with Crippen LogP contribution in [0.3, 0.4) is 0 Å². The van der Waals surface area contributed by atoms with E-state index >= 15 is 0 Å². The van der Waals surface area contributed by atoms with Gasteiger partial charge in [0.1, 0.15) is 5.75 Å². The van der Waals surface area contributed by atoms with Crippen molar-refractivity contribution >= 4 is 22.6 Å². The van der Waals surface area contributed by atoms with Crippen molar-refractivity contribution in [1.82, 2.24) is 0 Å². The van der Waals surface area contributed by atoms with E-state index in [4.69, 9.17) is 4.74 Å². The number of benzene rings is 1. The Morgan fingerprint density at radius 3 is 2.50 bits per heavy atom. The summed E-state index contributed by atoms with van der Waals surface area (Å²) in [6, 6.07) is 7.98. The third-order valence-corrected chi connectivity index (χ3v) is 2.22. The molecule has 0 aliphatic heterocycles. The summed E-state index contributed by atoms with van der Waals surface area (Å²) < 4.78 is 5.53. The van der Waals surface area contributed by atoms with E-state index in [1.54, 1.807) is 6.08 Å². The molecule has 0 heterocycles. The first-order valence-electron chi connectivity index (χ1n) is 3.72. The molecule has 0 spiro atoms. The zero-order chi connectivity index (χ0) is 8.97. The average Bonchev–Trinajstić information content (AvgIpc) is 2.09. The molecule has 64 valence electrons. The van der Waals surface area contributed by atoms with Crippen LogP contribution in [-0.2, 0) is 0 Å². The molecular formula is C10H11IO. The normalized spacial score (nSPS) is 12.2. The van der Waals surface area contributed by atoms with Crippen LogP contribution in [0.1, 0.15) is 5.56 Å². The molecule has 0 N–H and O–H groups in total. The molecule has 12 heavy (non-hydrogen) atoms. The summed E-state index contributed by atoms with van der Waals surface area (Å²) in [5.74, 6) is 0.889. The fourth-order valence-electron chi connectivity index (χ4n) is 0.795. The minimum atomic E-state index is 0.0466. The molecule has 0 fully saturated rings. The standard InChI is InChI=1S/C10H11IO/c1-3-10(11)12-9-6-4-8(2)5-7-9/h3-7,10H,1H2,2H3. The summed E-state index contributed by atoms with van der Waals surface area (Å²) in [6.07, 6.45) is 1.76. The number of aryl methyl sites for hydroxylation is 1. The van der Waals surface area contributed by atoms with Crippen LogP contribution in [0.2, 0.25) is 0 Å². The Balaban J connectivity index is 2.64. The van der Waals surface area contributed by atoms with Crippen molar-refractivity contribution in [3.05, 3.63) is 42.5 Å². The lowest BCUT2D eigenvalue weighted by atomic mass is 10.2. The van der Waals surface area contributed by atoms with Gasteiger partial charge in [-0.05, 0) is 47.7 Å². The molecule has 0 saturated heterocycles. The van der Waals surface area contributed by atoms with Crippen LogP contribution in [0.25, 0.3) is 0 Å². The summed E-state index contributed by atoms with van der Waals surface area (Å²) in [5, 5.41) is 0. The van der Waals surface area contributed by atoms with Crippen molar-refractivity contribution in [2.75, 3.05) is 0 Å². The highest BCUT2D eigenvalue weighted by Crippen LogP contribution is 2.15. The molecule has 1 nitrogen and oxygen atoms in total. The first kappa shape index (κ1) is 9.58. The van der Waals surface area contributed by atoms with E-state index in [9.17, 15) is 0 Å². The maximum atomic E-state index is 5.49. The predicted molar refractivity (Wildman–Crippen MR) is 59.8 cm³/mol. The molecule has 2 heteroatoms. The van der Waals surface area contributed by atoms with Crippen molar-refractivity contribution in [3.8, 4) is 5.75 Å². The van der Waals surface area contributed by atoms with Gasteiger partial charge in [0, 0.05) is 0 Å². The lowest BCUT2D eigenvalue weighted by Gasteiger charge is -2.08. The molecule has 1 rings (SSSR count). The van der Waals surface area contributed by atoms with Crippen molar-refractivity contribution < 1.29 is 4.74 Å². The van der Waals surface area contributed by atoms with Crippen LogP contribution in [0.5, 0.6) is 5.75 Å². The van der Waals surface area contributed by atoms with Gasteiger partial charge in [-0.1, -0.05) is 24.3 Å². The van der Waals surface area contributed by atoms with Crippen molar-refractivity contribution in [2.45, 2.75) is 11.0 Å². The second kappa shape index (κ2) is 4.50. The topological polar surface area (TPSA) is 9.23 Å². The molecule has 1 aromatic rings. The lowest BCUT2D eigenvalue weighted by molar-refractivity contribution is 0.346. The van der Waals surface area contributed by atoms with Crippen molar-refractivity contribution in [1.29, 1.82) is 0 Å². The maximum Gasteiger partial charge on any atom is 0.167 e. The number of hydrogen-bond donors (Lipinski definition) is 0. The van der Waals surface area contributed by atoms with E-state index in [1.807, 2.05) is 24.3 Å². The van der Waals surface area contributed by atoms with Gasteiger partial charge in [0.25, 0.3) is 0 Å². The van der Waals surface area contributed by atoms with Gasteiger partial charge in [0.2, 0.25) is 0 Å². The number of alkyl halides is 1. The second-order valence-electron chi connectivity index (χ2n) is 2.52. The Morgan fingerprint density at radius 2 is 2.00 bits per heavy atom. The smallest absolute Gasteiger partial charge is 0.167 e.